The van der Waals surface area contributed by atoms with E-state index in [2.05, 4.69) is 14.9 Å². The van der Waals surface area contributed by atoms with Crippen molar-refractivity contribution in [3.8, 4) is 0 Å². The van der Waals surface area contributed by atoms with E-state index in [1.54, 1.807) is 27.8 Å². The summed E-state index contributed by atoms with van der Waals surface area (Å²) in [5.74, 6) is -0.0832. The Morgan fingerprint density at radius 1 is 1.10 bits per heavy atom. The second-order valence-corrected chi connectivity index (χ2v) is 8.31. The van der Waals surface area contributed by atoms with Crippen molar-refractivity contribution in [2.75, 3.05) is 31.1 Å². The van der Waals surface area contributed by atoms with E-state index in [4.69, 9.17) is 11.6 Å². The van der Waals surface area contributed by atoms with Crippen LogP contribution in [0.5, 0.6) is 0 Å². The van der Waals surface area contributed by atoms with Crippen LogP contribution in [0.2, 0.25) is 5.02 Å². The lowest BCUT2D eigenvalue weighted by Crippen LogP contribution is -2.50. The number of anilines is 1. The number of benzene rings is 1. The molecule has 4 rings (SSSR count). The second kappa shape index (κ2) is 8.44. The molecule has 3 aromatic rings. The van der Waals surface area contributed by atoms with Crippen molar-refractivity contribution < 1.29 is 4.79 Å². The van der Waals surface area contributed by atoms with Gasteiger partial charge in [0.15, 0.2) is 11.3 Å². The molecule has 7 nitrogen and oxygen atoms in total. The van der Waals surface area contributed by atoms with Crippen LogP contribution in [0.3, 0.4) is 0 Å². The molecule has 1 saturated heterocycles. The van der Waals surface area contributed by atoms with E-state index in [0.717, 1.165) is 5.69 Å². The van der Waals surface area contributed by atoms with Crippen molar-refractivity contribution in [2.45, 2.75) is 20.4 Å². The van der Waals surface area contributed by atoms with Gasteiger partial charge in [-0.05, 0) is 42.3 Å². The molecule has 0 spiro atoms. The van der Waals surface area contributed by atoms with Gasteiger partial charge in [0.05, 0.1) is 0 Å². The van der Waals surface area contributed by atoms with E-state index < -0.39 is 0 Å². The highest BCUT2D eigenvalue weighted by molar-refractivity contribution is 6.30. The van der Waals surface area contributed by atoms with Crippen LogP contribution >= 0.6 is 11.6 Å². The third-order valence-corrected chi connectivity index (χ3v) is 5.46. The van der Waals surface area contributed by atoms with Crippen LogP contribution in [0, 0.1) is 5.92 Å². The van der Waals surface area contributed by atoms with Crippen molar-refractivity contribution >= 4 is 34.4 Å². The van der Waals surface area contributed by atoms with Crippen molar-refractivity contribution in [1.82, 2.24) is 19.4 Å². The molecule has 1 amide bonds. The van der Waals surface area contributed by atoms with Gasteiger partial charge < -0.3 is 9.80 Å². The maximum atomic E-state index is 13.2. The number of rotatable bonds is 4. The second-order valence-electron chi connectivity index (χ2n) is 7.87. The molecule has 2 aromatic heterocycles. The Bertz CT molecular complexity index is 1120. The highest BCUT2D eigenvalue weighted by atomic mass is 35.5. The molecule has 3 heterocycles. The van der Waals surface area contributed by atoms with Crippen molar-refractivity contribution in [3.05, 3.63) is 63.7 Å². The van der Waals surface area contributed by atoms with Crippen LogP contribution in [0.4, 0.5) is 5.69 Å². The summed E-state index contributed by atoms with van der Waals surface area (Å²) >= 11 is 5.97. The van der Waals surface area contributed by atoms with E-state index in [1.807, 2.05) is 38.1 Å². The number of carbonyl (C=O) groups excluding carboxylic acids is 1. The van der Waals surface area contributed by atoms with Gasteiger partial charge in [0.25, 0.3) is 11.5 Å². The summed E-state index contributed by atoms with van der Waals surface area (Å²) in [7, 11) is 0. The maximum Gasteiger partial charge on any atom is 0.283 e. The van der Waals surface area contributed by atoms with Crippen LogP contribution in [0.15, 0.2) is 47.4 Å². The van der Waals surface area contributed by atoms with Crippen molar-refractivity contribution in [3.63, 3.8) is 0 Å². The average Bonchev–Trinajstić information content (AvgIpc) is 2.75. The van der Waals surface area contributed by atoms with Crippen LogP contribution in [0.1, 0.15) is 24.3 Å². The molecule has 0 unspecified atom stereocenters. The summed E-state index contributed by atoms with van der Waals surface area (Å²) in [6.45, 7) is 6.96. The lowest BCUT2D eigenvalue weighted by atomic mass is 10.2. The Balaban J connectivity index is 1.58. The number of hydrogen-bond acceptors (Lipinski definition) is 5. The van der Waals surface area contributed by atoms with Crippen LogP contribution in [0.25, 0.3) is 11.2 Å². The van der Waals surface area contributed by atoms with Crippen LogP contribution in [-0.2, 0) is 6.54 Å². The first kappa shape index (κ1) is 20.3. The van der Waals surface area contributed by atoms with Gasteiger partial charge >= 0.3 is 0 Å². The molecule has 0 N–H and O–H groups in total. The SMILES string of the molecule is CC(C)Cn1c(=O)c(C(=O)N2CCN(c3ccc(Cl)cc3)CC2)nc2cccnc21. The average molecular weight is 426 g/mol. The van der Waals surface area contributed by atoms with Crippen LogP contribution < -0.4 is 10.5 Å². The highest BCUT2D eigenvalue weighted by Crippen LogP contribution is 2.20. The number of pyridine rings is 1. The lowest BCUT2D eigenvalue weighted by molar-refractivity contribution is 0.0738. The number of carbonyl (C=O) groups is 1. The minimum atomic E-state index is -0.375. The molecule has 8 heteroatoms. The van der Waals surface area contributed by atoms with Gasteiger partial charge in [-0.15, -0.1) is 0 Å². The summed E-state index contributed by atoms with van der Waals surface area (Å²) in [4.78, 5) is 38.9. The standard InChI is InChI=1S/C22H24ClN5O2/c1-15(2)14-28-20-18(4-3-9-24-20)25-19(22(28)30)21(29)27-12-10-26(11-13-27)17-7-5-16(23)6-8-17/h3-9,15H,10-14H2,1-2H3. The minimum Gasteiger partial charge on any atom is -0.368 e. The molecule has 0 aliphatic carbocycles. The fraction of sp³-hybridized carbons (Fsp3) is 0.364. The maximum absolute atomic E-state index is 13.2. The van der Waals surface area contributed by atoms with Gasteiger partial charge in [-0.25, -0.2) is 9.97 Å². The quantitative estimate of drug-likeness (QED) is 0.642. The first-order chi connectivity index (χ1) is 14.4. The number of aromatic nitrogens is 3. The normalized spacial score (nSPS) is 14.5. The molecular formula is C22H24ClN5O2. The molecule has 1 aliphatic rings. The summed E-state index contributed by atoms with van der Waals surface area (Å²) in [6.07, 6.45) is 1.64. The number of piperazine rings is 1. The summed E-state index contributed by atoms with van der Waals surface area (Å²) < 4.78 is 1.57. The Morgan fingerprint density at radius 3 is 2.47 bits per heavy atom. The molecule has 0 saturated carbocycles. The highest BCUT2D eigenvalue weighted by Gasteiger charge is 2.27. The fourth-order valence-corrected chi connectivity index (χ4v) is 3.85. The molecule has 1 fully saturated rings. The number of halogens is 1. The van der Waals surface area contributed by atoms with Crippen molar-refractivity contribution in [2.24, 2.45) is 5.92 Å². The van der Waals surface area contributed by atoms with Gasteiger partial charge in [0, 0.05) is 49.6 Å². The predicted molar refractivity (Wildman–Crippen MR) is 118 cm³/mol. The summed E-state index contributed by atoms with van der Waals surface area (Å²) in [5, 5.41) is 0.696. The van der Waals surface area contributed by atoms with Gasteiger partial charge in [-0.3, -0.25) is 14.2 Å². The van der Waals surface area contributed by atoms with Gasteiger partial charge in [-0.2, -0.15) is 0 Å². The zero-order chi connectivity index (χ0) is 21.3. The Kier molecular flexibility index (Phi) is 5.72. The number of nitrogens with zero attached hydrogens (tertiary/aromatic N) is 5. The lowest BCUT2D eigenvalue weighted by Gasteiger charge is -2.36. The number of amides is 1. The van der Waals surface area contributed by atoms with Crippen molar-refractivity contribution in [1.29, 1.82) is 0 Å². The Hall–Kier alpha value is -2.93. The molecule has 0 radical (unpaired) electrons. The third-order valence-electron chi connectivity index (χ3n) is 5.21. The van der Waals surface area contributed by atoms with E-state index in [1.165, 1.54) is 0 Å². The van der Waals surface area contributed by atoms with Gasteiger partial charge in [0.2, 0.25) is 0 Å². The molecule has 1 aliphatic heterocycles. The molecule has 30 heavy (non-hydrogen) atoms. The molecule has 1 aromatic carbocycles. The zero-order valence-corrected chi connectivity index (χ0v) is 17.8. The Labute approximate surface area is 179 Å². The smallest absolute Gasteiger partial charge is 0.283 e. The molecule has 0 atom stereocenters. The van der Waals surface area contributed by atoms with E-state index in [0.29, 0.717) is 48.9 Å². The largest absolute Gasteiger partial charge is 0.368 e. The van der Waals surface area contributed by atoms with E-state index in [-0.39, 0.29) is 23.1 Å². The van der Waals surface area contributed by atoms with Crippen LogP contribution in [-0.4, -0.2) is 51.5 Å². The minimum absolute atomic E-state index is 0.0314. The topological polar surface area (TPSA) is 71.3 Å². The number of hydrogen-bond donors (Lipinski definition) is 0. The van der Waals surface area contributed by atoms with E-state index >= 15 is 0 Å². The first-order valence-corrected chi connectivity index (χ1v) is 10.5. The zero-order valence-electron chi connectivity index (χ0n) is 17.1. The summed E-state index contributed by atoms with van der Waals surface area (Å²) in [6, 6.07) is 11.2. The number of fused-ring (bicyclic) bond motifs is 1. The predicted octanol–water partition coefficient (Wildman–Crippen LogP) is 3.06. The molecular weight excluding hydrogens is 402 g/mol. The first-order valence-electron chi connectivity index (χ1n) is 10.1. The van der Waals surface area contributed by atoms with Gasteiger partial charge in [0.1, 0.15) is 5.52 Å². The molecule has 156 valence electrons. The van der Waals surface area contributed by atoms with E-state index in [9.17, 15) is 9.59 Å². The van der Waals surface area contributed by atoms with Gasteiger partial charge in [-0.1, -0.05) is 25.4 Å². The third kappa shape index (κ3) is 4.03. The summed E-state index contributed by atoms with van der Waals surface area (Å²) in [5.41, 5.74) is 1.73. The fourth-order valence-electron chi connectivity index (χ4n) is 3.72. The molecule has 0 bridgehead atoms. The monoisotopic (exact) mass is 425 g/mol. The Morgan fingerprint density at radius 2 is 1.80 bits per heavy atom.